The number of nitrogens with zero attached hydrogens (tertiary/aromatic N) is 2. The minimum absolute atomic E-state index is 0.0627. The van der Waals surface area contributed by atoms with Crippen LogP contribution in [0.2, 0.25) is 5.15 Å². The fourth-order valence-electron chi connectivity index (χ4n) is 5.03. The lowest BCUT2D eigenvalue weighted by molar-refractivity contribution is -0.137. The van der Waals surface area contributed by atoms with E-state index < -0.39 is 33.4 Å². The Bertz CT molecular complexity index is 1460. The molecule has 0 saturated heterocycles. The van der Waals surface area contributed by atoms with Gasteiger partial charge in [0.1, 0.15) is 5.69 Å². The number of rotatable bonds is 11. The maximum atomic E-state index is 16.1. The molecule has 0 spiro atoms. The van der Waals surface area contributed by atoms with Crippen LogP contribution >= 0.6 is 11.6 Å². The highest BCUT2D eigenvalue weighted by molar-refractivity contribution is 7.92. The summed E-state index contributed by atoms with van der Waals surface area (Å²) in [6, 6.07) is 12.3. The van der Waals surface area contributed by atoms with Crippen LogP contribution in [0.4, 0.5) is 29.1 Å². The molecule has 0 bridgehead atoms. The number of sulfonamides is 1. The fraction of sp³-hybridized carbons (Fsp3) is 0.414. The van der Waals surface area contributed by atoms with Gasteiger partial charge in [-0.1, -0.05) is 54.8 Å². The zero-order valence-electron chi connectivity index (χ0n) is 23.2. The van der Waals surface area contributed by atoms with Crippen LogP contribution in [0.3, 0.4) is 0 Å². The Labute approximate surface area is 248 Å². The third kappa shape index (κ3) is 7.84. The van der Waals surface area contributed by atoms with E-state index in [0.29, 0.717) is 18.4 Å². The Morgan fingerprint density at radius 2 is 1.71 bits per heavy atom. The second-order valence-corrected chi connectivity index (χ2v) is 12.4. The van der Waals surface area contributed by atoms with Crippen LogP contribution in [0.25, 0.3) is 0 Å². The molecule has 0 unspecified atom stereocenters. The van der Waals surface area contributed by atoms with Gasteiger partial charge in [-0.3, -0.25) is 4.72 Å². The van der Waals surface area contributed by atoms with Crippen molar-refractivity contribution in [3.05, 3.63) is 76.7 Å². The molecule has 2 aromatic carbocycles. The second kappa shape index (κ2) is 13.5. The van der Waals surface area contributed by atoms with Crippen molar-refractivity contribution in [2.24, 2.45) is 0 Å². The van der Waals surface area contributed by atoms with Crippen molar-refractivity contribution in [1.29, 1.82) is 0 Å². The normalized spacial score (nSPS) is 17.7. The lowest BCUT2D eigenvalue weighted by atomic mass is 9.89. The fourth-order valence-corrected chi connectivity index (χ4v) is 6.28. The number of hydrogen-bond acceptors (Lipinski definition) is 6. The Hall–Kier alpha value is -3.09. The van der Waals surface area contributed by atoms with Gasteiger partial charge in [0.05, 0.1) is 17.1 Å². The lowest BCUT2D eigenvalue weighted by Gasteiger charge is -2.37. The monoisotopic (exact) mass is 628 g/mol. The summed E-state index contributed by atoms with van der Waals surface area (Å²) in [5, 5.41) is 2.99. The van der Waals surface area contributed by atoms with Gasteiger partial charge in [0.15, 0.2) is 22.5 Å². The minimum Gasteiger partial charge on any atom is -0.488 e. The Kier molecular flexibility index (Phi) is 10.2. The number of pyridine rings is 1. The van der Waals surface area contributed by atoms with E-state index >= 15 is 4.39 Å². The van der Waals surface area contributed by atoms with Crippen molar-refractivity contribution in [1.82, 2.24) is 9.88 Å². The highest BCUT2D eigenvalue weighted by Crippen LogP contribution is 2.40. The van der Waals surface area contributed by atoms with Crippen molar-refractivity contribution in [2.45, 2.75) is 61.7 Å². The molecule has 2 N–H and O–H groups in total. The van der Waals surface area contributed by atoms with Crippen LogP contribution < -0.4 is 14.8 Å². The van der Waals surface area contributed by atoms with E-state index in [9.17, 15) is 21.6 Å². The molecule has 1 saturated carbocycles. The van der Waals surface area contributed by atoms with Gasteiger partial charge in [-0.2, -0.15) is 13.2 Å². The van der Waals surface area contributed by atoms with Crippen LogP contribution in [0, 0.1) is 5.82 Å². The molecule has 3 aromatic rings. The van der Waals surface area contributed by atoms with Gasteiger partial charge in [-0.25, -0.2) is 17.8 Å². The summed E-state index contributed by atoms with van der Waals surface area (Å²) >= 11 is 6.46. The molecule has 1 fully saturated rings. The molecule has 1 aliphatic carbocycles. The Balaban J connectivity index is 1.58. The van der Waals surface area contributed by atoms with Gasteiger partial charge >= 0.3 is 6.18 Å². The number of ether oxygens (including phenoxy) is 1. The molecular formula is C29H33ClF4N4O3S. The van der Waals surface area contributed by atoms with Crippen molar-refractivity contribution in [3.8, 4) is 5.75 Å². The molecule has 13 heteroatoms. The number of benzene rings is 2. The summed E-state index contributed by atoms with van der Waals surface area (Å²) < 4.78 is 88.6. The first-order chi connectivity index (χ1) is 19.9. The van der Waals surface area contributed by atoms with E-state index in [1.54, 1.807) is 18.2 Å². The molecular weight excluding hydrogens is 596 g/mol. The van der Waals surface area contributed by atoms with Gasteiger partial charge in [0, 0.05) is 12.1 Å². The zero-order chi connectivity index (χ0) is 30.5. The average Bonchev–Trinajstić information content (AvgIpc) is 2.95. The highest BCUT2D eigenvalue weighted by Gasteiger charge is 2.32. The first kappa shape index (κ1) is 31.8. The SMILES string of the molecule is CN(C)[C@H]1CCCC[C@@H]1Nc1c(F)c(NS(=O)(=O)c2ccccc2)nc(Cl)c1OCCCc1ccc(C(F)(F)F)cc1. The van der Waals surface area contributed by atoms with E-state index in [-0.39, 0.29) is 40.2 Å². The summed E-state index contributed by atoms with van der Waals surface area (Å²) in [4.78, 5) is 5.97. The molecule has 228 valence electrons. The molecule has 0 aliphatic heterocycles. The number of likely N-dealkylation sites (N-methyl/N-ethyl adjacent to an activating group) is 1. The number of halogens is 5. The van der Waals surface area contributed by atoms with Crippen LogP contribution in [0.5, 0.6) is 5.75 Å². The maximum absolute atomic E-state index is 16.1. The van der Waals surface area contributed by atoms with Crippen molar-refractivity contribution in [3.63, 3.8) is 0 Å². The smallest absolute Gasteiger partial charge is 0.416 e. The van der Waals surface area contributed by atoms with Crippen LogP contribution in [0.15, 0.2) is 59.5 Å². The van der Waals surface area contributed by atoms with E-state index in [2.05, 4.69) is 19.9 Å². The van der Waals surface area contributed by atoms with Gasteiger partial charge < -0.3 is 15.0 Å². The summed E-state index contributed by atoms with van der Waals surface area (Å²) in [5.74, 6) is -1.59. The van der Waals surface area contributed by atoms with E-state index in [1.165, 1.54) is 24.3 Å². The van der Waals surface area contributed by atoms with E-state index in [4.69, 9.17) is 16.3 Å². The zero-order valence-corrected chi connectivity index (χ0v) is 24.8. The largest absolute Gasteiger partial charge is 0.488 e. The number of hydrogen-bond donors (Lipinski definition) is 2. The minimum atomic E-state index is -4.41. The number of alkyl halides is 3. The van der Waals surface area contributed by atoms with Crippen molar-refractivity contribution < 1.29 is 30.7 Å². The molecule has 0 amide bonds. The topological polar surface area (TPSA) is 83.6 Å². The first-order valence-electron chi connectivity index (χ1n) is 13.6. The van der Waals surface area contributed by atoms with Gasteiger partial charge in [-0.15, -0.1) is 0 Å². The number of nitrogens with one attached hydrogen (secondary N) is 2. The maximum Gasteiger partial charge on any atom is 0.416 e. The third-order valence-electron chi connectivity index (χ3n) is 7.20. The molecule has 1 heterocycles. The predicted molar refractivity (Wildman–Crippen MR) is 155 cm³/mol. The molecule has 42 heavy (non-hydrogen) atoms. The molecule has 4 rings (SSSR count). The molecule has 2 atom stereocenters. The summed E-state index contributed by atoms with van der Waals surface area (Å²) in [5.41, 5.74) is -0.149. The average molecular weight is 629 g/mol. The number of anilines is 2. The Morgan fingerprint density at radius 3 is 2.36 bits per heavy atom. The summed E-state index contributed by atoms with van der Waals surface area (Å²) in [7, 11) is -0.276. The molecule has 1 aliphatic rings. The number of aryl methyl sites for hydroxylation is 1. The lowest BCUT2D eigenvalue weighted by Crippen LogP contribution is -2.45. The van der Waals surface area contributed by atoms with Crippen LogP contribution in [-0.2, 0) is 22.6 Å². The standard InChI is InChI=1S/C29H33ClF4N4O3S/c1-38(2)23-13-7-6-12-22(23)35-25-24(31)28(37-42(39,40)21-10-4-3-5-11-21)36-27(30)26(25)41-18-8-9-19-14-16-20(17-15-19)29(32,33)34/h3-5,10-11,14-17,22-23H,6-9,12-13,18H2,1-2H3,(H2,35,36,37)/t22-,23-/m0/s1. The highest BCUT2D eigenvalue weighted by atomic mass is 35.5. The van der Waals surface area contributed by atoms with Crippen LogP contribution in [0.1, 0.15) is 43.2 Å². The molecule has 1 aromatic heterocycles. The second-order valence-electron chi connectivity index (χ2n) is 10.4. The molecule has 0 radical (unpaired) electrons. The Morgan fingerprint density at radius 1 is 1.05 bits per heavy atom. The summed E-state index contributed by atoms with van der Waals surface area (Å²) in [6.45, 7) is 0.0629. The quantitative estimate of drug-likeness (QED) is 0.135. The van der Waals surface area contributed by atoms with Crippen LogP contribution in [-0.4, -0.2) is 51.1 Å². The van der Waals surface area contributed by atoms with E-state index in [0.717, 1.165) is 37.8 Å². The summed E-state index contributed by atoms with van der Waals surface area (Å²) in [6.07, 6.45) is -0.00822. The van der Waals surface area contributed by atoms with E-state index in [1.807, 2.05) is 14.1 Å². The van der Waals surface area contributed by atoms with Gasteiger partial charge in [0.25, 0.3) is 10.0 Å². The van der Waals surface area contributed by atoms with Crippen molar-refractivity contribution in [2.75, 3.05) is 30.7 Å². The third-order valence-corrected chi connectivity index (χ3v) is 8.81. The van der Waals surface area contributed by atoms with Gasteiger partial charge in [0.2, 0.25) is 0 Å². The first-order valence-corrected chi connectivity index (χ1v) is 15.4. The predicted octanol–water partition coefficient (Wildman–Crippen LogP) is 6.99. The van der Waals surface area contributed by atoms with Gasteiger partial charge in [-0.05, 0) is 69.6 Å². The van der Waals surface area contributed by atoms with Crippen molar-refractivity contribution >= 4 is 33.1 Å². The molecule has 7 nitrogen and oxygen atoms in total. The number of aromatic nitrogens is 1.